The third-order valence-corrected chi connectivity index (χ3v) is 2.14. The number of Topliss-reactive ketones (excluding diaryl/α,β-unsaturated/α-hetero) is 2. The number of ketones is 2. The maximum absolute atomic E-state index is 11.5. The van der Waals surface area contributed by atoms with Crippen LogP contribution in [0, 0.1) is 10.4 Å². The highest BCUT2D eigenvalue weighted by Crippen LogP contribution is 2.07. The van der Waals surface area contributed by atoms with E-state index in [1.807, 2.05) is 0 Å². The second-order valence-corrected chi connectivity index (χ2v) is 3.45. The Morgan fingerprint density at radius 2 is 1.20 bits per heavy atom. The van der Waals surface area contributed by atoms with Crippen molar-refractivity contribution in [1.82, 2.24) is 10.8 Å². The van der Waals surface area contributed by atoms with Gasteiger partial charge in [0.05, 0.1) is 0 Å². The summed E-state index contributed by atoms with van der Waals surface area (Å²) in [5.74, 6) is -1.17. The fourth-order valence-electron chi connectivity index (χ4n) is 1.24. The number of rotatable bonds is 8. The van der Waals surface area contributed by atoms with Crippen molar-refractivity contribution in [3.05, 3.63) is 45.8 Å². The summed E-state index contributed by atoms with van der Waals surface area (Å²) >= 11 is 0. The third kappa shape index (κ3) is 5.48. The summed E-state index contributed by atoms with van der Waals surface area (Å²) in [6.07, 6.45) is 0. The molecule has 10 nitrogen and oxygen atoms in total. The maximum atomic E-state index is 11.5. The number of benzene rings is 1. The van der Waals surface area contributed by atoms with Crippen molar-refractivity contribution in [1.29, 1.82) is 0 Å². The number of nitrogens with zero attached hydrogens (tertiary/aromatic N) is 2. The molecule has 110 valence electrons. The Balaban J connectivity index is 2.59. The Labute approximate surface area is 112 Å². The highest BCUT2D eigenvalue weighted by molar-refractivity contribution is 6.00. The van der Waals surface area contributed by atoms with Gasteiger partial charge >= 0.3 is 0 Å². The normalized spacial score (nSPS) is 11.1. The first-order valence-electron chi connectivity index (χ1n) is 5.14. The standard InChI is InChI=1S/C10H10N2O8/c13-9(5-19-11(15)16)7-1-2-8(4-3-7)10(14)6-20-12(17)18/h1-4,15,17H,5-6H2/q-2. The van der Waals surface area contributed by atoms with Gasteiger partial charge < -0.3 is 20.8 Å². The summed E-state index contributed by atoms with van der Waals surface area (Å²) in [6.45, 7) is -1.32. The number of carbonyl (C=O) groups is 2. The van der Waals surface area contributed by atoms with Gasteiger partial charge in [-0.15, -0.1) is 10.8 Å². The molecular weight excluding hydrogens is 276 g/mol. The van der Waals surface area contributed by atoms with Crippen LogP contribution in [0.1, 0.15) is 20.7 Å². The molecule has 0 unspecified atom stereocenters. The van der Waals surface area contributed by atoms with Gasteiger partial charge in [0.2, 0.25) is 0 Å². The molecule has 0 saturated heterocycles. The maximum Gasteiger partial charge on any atom is 0.190 e. The Bertz CT molecular complexity index is 416. The van der Waals surface area contributed by atoms with Crippen LogP contribution in [0.15, 0.2) is 24.3 Å². The molecule has 0 bridgehead atoms. The van der Waals surface area contributed by atoms with Crippen molar-refractivity contribution in [3.8, 4) is 0 Å². The Kier molecular flexibility index (Phi) is 6.30. The van der Waals surface area contributed by atoms with Crippen molar-refractivity contribution in [2.75, 3.05) is 13.2 Å². The Morgan fingerprint density at radius 1 is 0.900 bits per heavy atom. The van der Waals surface area contributed by atoms with Crippen LogP contribution in [0.25, 0.3) is 0 Å². The van der Waals surface area contributed by atoms with Gasteiger partial charge in [0.1, 0.15) is 13.2 Å². The van der Waals surface area contributed by atoms with E-state index in [0.717, 1.165) is 0 Å². The Morgan fingerprint density at radius 3 is 1.45 bits per heavy atom. The Hall–Kier alpha value is -1.76. The van der Waals surface area contributed by atoms with E-state index in [1.54, 1.807) is 0 Å². The number of hydrogen-bond acceptors (Lipinski definition) is 10. The van der Waals surface area contributed by atoms with Gasteiger partial charge in [-0.3, -0.25) is 19.3 Å². The molecule has 0 aromatic heterocycles. The van der Waals surface area contributed by atoms with Gasteiger partial charge in [0.15, 0.2) is 11.6 Å². The summed E-state index contributed by atoms with van der Waals surface area (Å²) < 4.78 is 0. The minimum atomic E-state index is -0.837. The van der Waals surface area contributed by atoms with Gasteiger partial charge in [0, 0.05) is 11.1 Å². The lowest BCUT2D eigenvalue weighted by atomic mass is 10.1. The van der Waals surface area contributed by atoms with E-state index in [-0.39, 0.29) is 11.1 Å². The molecule has 0 aliphatic rings. The lowest BCUT2D eigenvalue weighted by molar-refractivity contribution is -0.298. The van der Waals surface area contributed by atoms with Gasteiger partial charge in [0.25, 0.3) is 0 Å². The molecule has 0 heterocycles. The molecule has 0 aliphatic carbocycles. The average Bonchev–Trinajstić information content (AvgIpc) is 2.42. The molecule has 0 aliphatic heterocycles. The van der Waals surface area contributed by atoms with Crippen LogP contribution in [0.2, 0.25) is 0 Å². The molecule has 1 rings (SSSR count). The zero-order valence-corrected chi connectivity index (χ0v) is 9.96. The first-order valence-corrected chi connectivity index (χ1v) is 5.14. The molecular formula is C10H10N2O8-2. The quantitative estimate of drug-likeness (QED) is 0.505. The predicted octanol–water partition coefficient (Wildman–Crippen LogP) is 0.293. The molecule has 10 heteroatoms. The summed E-state index contributed by atoms with van der Waals surface area (Å²) in [6, 6.07) is 5.16. The van der Waals surface area contributed by atoms with E-state index in [0.29, 0.717) is 0 Å². The van der Waals surface area contributed by atoms with E-state index in [9.17, 15) is 20.0 Å². The van der Waals surface area contributed by atoms with E-state index < -0.39 is 35.6 Å². The average molecular weight is 286 g/mol. The van der Waals surface area contributed by atoms with Gasteiger partial charge in [-0.05, 0) is 0 Å². The molecule has 0 amide bonds. The van der Waals surface area contributed by atoms with Gasteiger partial charge in [-0.25, -0.2) is 0 Å². The SMILES string of the molecule is O=C(CON([O-])O)c1ccc(C(=O)CON([O-])O)cc1. The zero-order chi connectivity index (χ0) is 15.1. The van der Waals surface area contributed by atoms with E-state index in [2.05, 4.69) is 9.68 Å². The smallest absolute Gasteiger partial charge is 0.190 e. The number of hydrogen-bond donors (Lipinski definition) is 2. The van der Waals surface area contributed by atoms with Crippen molar-refractivity contribution in [2.24, 2.45) is 0 Å². The predicted molar refractivity (Wildman–Crippen MR) is 61.0 cm³/mol. The molecule has 1 aromatic carbocycles. The summed E-state index contributed by atoms with van der Waals surface area (Å²) in [4.78, 5) is 31.0. The van der Waals surface area contributed by atoms with Crippen molar-refractivity contribution >= 4 is 11.6 Å². The van der Waals surface area contributed by atoms with Crippen LogP contribution >= 0.6 is 0 Å². The lowest BCUT2D eigenvalue weighted by Gasteiger charge is -2.17. The number of carbonyl (C=O) groups excluding carboxylic acids is 2. The fraction of sp³-hybridized carbons (Fsp3) is 0.200. The summed E-state index contributed by atoms with van der Waals surface area (Å²) in [7, 11) is 0. The van der Waals surface area contributed by atoms with E-state index in [4.69, 9.17) is 10.4 Å². The highest BCUT2D eigenvalue weighted by atomic mass is 17.1. The highest BCUT2D eigenvalue weighted by Gasteiger charge is 2.10. The molecule has 0 fully saturated rings. The molecule has 0 saturated carbocycles. The first-order chi connectivity index (χ1) is 9.40. The summed E-state index contributed by atoms with van der Waals surface area (Å²) in [5, 5.41) is 34.7. The molecule has 0 atom stereocenters. The van der Waals surface area contributed by atoms with Crippen LogP contribution < -0.4 is 0 Å². The van der Waals surface area contributed by atoms with Crippen LogP contribution in [0.3, 0.4) is 0 Å². The van der Waals surface area contributed by atoms with Crippen LogP contribution in [0.5, 0.6) is 0 Å². The fourth-order valence-corrected chi connectivity index (χ4v) is 1.24. The monoisotopic (exact) mass is 286 g/mol. The largest absolute Gasteiger partial charge is 0.738 e. The summed E-state index contributed by atoms with van der Waals surface area (Å²) in [5.41, 5.74) is 0.300. The first kappa shape index (κ1) is 16.3. The third-order valence-electron chi connectivity index (χ3n) is 2.14. The second-order valence-electron chi connectivity index (χ2n) is 3.45. The second kappa shape index (κ2) is 7.74. The van der Waals surface area contributed by atoms with Gasteiger partial charge in [-0.2, -0.15) is 0 Å². The van der Waals surface area contributed by atoms with Crippen LogP contribution in [-0.4, -0.2) is 46.0 Å². The molecule has 20 heavy (non-hydrogen) atoms. The van der Waals surface area contributed by atoms with Gasteiger partial charge in [-0.1, -0.05) is 24.3 Å². The van der Waals surface area contributed by atoms with Crippen LogP contribution in [-0.2, 0) is 9.68 Å². The molecule has 2 N–H and O–H groups in total. The topological polar surface area (TPSA) is 146 Å². The molecule has 1 aromatic rings. The minimum absolute atomic E-state index is 0.150. The zero-order valence-electron chi connectivity index (χ0n) is 9.96. The van der Waals surface area contributed by atoms with Crippen molar-refractivity contribution in [2.45, 2.75) is 0 Å². The van der Waals surface area contributed by atoms with Crippen molar-refractivity contribution in [3.63, 3.8) is 0 Å². The lowest BCUT2D eigenvalue weighted by Crippen LogP contribution is -2.19. The molecule has 0 radical (unpaired) electrons. The van der Waals surface area contributed by atoms with E-state index in [1.165, 1.54) is 24.3 Å². The van der Waals surface area contributed by atoms with E-state index >= 15 is 0 Å². The van der Waals surface area contributed by atoms with Crippen molar-refractivity contribution < 1.29 is 29.7 Å². The minimum Gasteiger partial charge on any atom is -0.738 e. The van der Waals surface area contributed by atoms with Crippen LogP contribution in [0.4, 0.5) is 0 Å². The molecule has 0 spiro atoms.